The summed E-state index contributed by atoms with van der Waals surface area (Å²) < 4.78 is 0. The summed E-state index contributed by atoms with van der Waals surface area (Å²) >= 11 is 18.4. The van der Waals surface area contributed by atoms with Crippen LogP contribution in [-0.4, -0.2) is 32.7 Å². The van der Waals surface area contributed by atoms with Gasteiger partial charge >= 0.3 is 6.03 Å². The van der Waals surface area contributed by atoms with E-state index in [9.17, 15) is 9.90 Å². The number of nitrogens with one attached hydrogen (secondary N) is 2. The number of nitrogens with zero attached hydrogens (tertiary/aromatic N) is 3. The number of aromatic nitrogens is 2. The van der Waals surface area contributed by atoms with Crippen LogP contribution in [0.2, 0.25) is 15.1 Å². The van der Waals surface area contributed by atoms with Crippen LogP contribution in [0.4, 0.5) is 27.9 Å². The number of carbonyl (C=O) groups excluding carboxylic acids is 1. The van der Waals surface area contributed by atoms with E-state index in [1.165, 1.54) is 23.2 Å². The molecule has 0 spiro atoms. The van der Waals surface area contributed by atoms with Crippen LogP contribution in [0.5, 0.6) is 0 Å². The van der Waals surface area contributed by atoms with Gasteiger partial charge in [0.25, 0.3) is 0 Å². The van der Waals surface area contributed by atoms with Crippen molar-refractivity contribution in [3.8, 4) is 0 Å². The van der Waals surface area contributed by atoms with Crippen LogP contribution in [0, 0.1) is 0 Å². The van der Waals surface area contributed by atoms with Crippen molar-refractivity contribution in [2.45, 2.75) is 32.4 Å². The summed E-state index contributed by atoms with van der Waals surface area (Å²) in [5, 5.41) is 16.7. The van der Waals surface area contributed by atoms with Crippen molar-refractivity contribution >= 4 is 64.0 Å². The van der Waals surface area contributed by atoms with Gasteiger partial charge in [-0.1, -0.05) is 53.0 Å². The van der Waals surface area contributed by atoms with E-state index < -0.39 is 11.6 Å². The number of hydrogen-bond donors (Lipinski definition) is 3. The van der Waals surface area contributed by atoms with Gasteiger partial charge in [0.15, 0.2) is 0 Å². The van der Waals surface area contributed by atoms with Crippen LogP contribution in [-0.2, 0) is 0 Å². The molecule has 0 aliphatic carbocycles. The fourth-order valence-electron chi connectivity index (χ4n) is 2.67. The van der Waals surface area contributed by atoms with Crippen LogP contribution < -0.4 is 15.5 Å². The Balaban J connectivity index is 1.98. The number of halogens is 3. The molecule has 7 nitrogen and oxygen atoms in total. The number of rotatable bonds is 6. The first-order valence-corrected chi connectivity index (χ1v) is 10.8. The van der Waals surface area contributed by atoms with Crippen LogP contribution >= 0.6 is 34.8 Å². The Morgan fingerprint density at radius 2 is 1.72 bits per heavy atom. The first-order chi connectivity index (χ1) is 15.1. The Morgan fingerprint density at radius 3 is 2.31 bits per heavy atom. The summed E-state index contributed by atoms with van der Waals surface area (Å²) in [6.07, 6.45) is 1.52. The average Bonchev–Trinajstić information content (AvgIpc) is 2.71. The summed E-state index contributed by atoms with van der Waals surface area (Å²) in [6, 6.07) is 12.7. The number of hydrogen-bond acceptors (Lipinski definition) is 5. The van der Waals surface area contributed by atoms with E-state index in [1.54, 1.807) is 44.2 Å². The van der Waals surface area contributed by atoms with Crippen molar-refractivity contribution in [1.82, 2.24) is 9.97 Å². The molecular weight excluding hydrogens is 473 g/mol. The molecule has 10 heteroatoms. The molecular formula is C22H22Cl3N5O2. The van der Waals surface area contributed by atoms with Crippen LogP contribution in [0.1, 0.15) is 20.8 Å². The molecule has 0 radical (unpaired) electrons. The molecule has 3 rings (SSSR count). The number of anilines is 4. The Hall–Kier alpha value is -2.58. The van der Waals surface area contributed by atoms with Crippen molar-refractivity contribution in [3.63, 3.8) is 0 Å². The van der Waals surface area contributed by atoms with Gasteiger partial charge in [0.05, 0.1) is 33.1 Å². The van der Waals surface area contributed by atoms with E-state index in [-0.39, 0.29) is 27.7 Å². The van der Waals surface area contributed by atoms with E-state index >= 15 is 0 Å². The van der Waals surface area contributed by atoms with Gasteiger partial charge in [0, 0.05) is 17.3 Å². The lowest BCUT2D eigenvalue weighted by atomic mass is 10.0. The third-order valence-corrected chi connectivity index (χ3v) is 5.55. The van der Waals surface area contributed by atoms with Gasteiger partial charge < -0.3 is 15.7 Å². The van der Waals surface area contributed by atoms with E-state index in [0.29, 0.717) is 16.5 Å². The summed E-state index contributed by atoms with van der Waals surface area (Å²) in [6.45, 7) is 5.16. The van der Waals surface area contributed by atoms with E-state index in [1.807, 2.05) is 13.0 Å². The van der Waals surface area contributed by atoms with Crippen molar-refractivity contribution in [2.24, 2.45) is 0 Å². The van der Waals surface area contributed by atoms with E-state index in [0.717, 1.165) is 0 Å². The first kappa shape index (κ1) is 24.1. The summed E-state index contributed by atoms with van der Waals surface area (Å²) in [7, 11) is 0. The Kier molecular flexibility index (Phi) is 7.46. The maximum absolute atomic E-state index is 13.3. The largest absolute Gasteiger partial charge is 0.388 e. The van der Waals surface area contributed by atoms with Crippen molar-refractivity contribution in [1.29, 1.82) is 0 Å². The molecule has 0 aliphatic rings. The molecule has 1 heterocycles. The molecule has 0 aliphatic heterocycles. The second-order valence-electron chi connectivity index (χ2n) is 7.60. The summed E-state index contributed by atoms with van der Waals surface area (Å²) in [5.74, 6) is 0.559. The Morgan fingerprint density at radius 1 is 1.09 bits per heavy atom. The van der Waals surface area contributed by atoms with Gasteiger partial charge in [-0.3, -0.25) is 0 Å². The predicted molar refractivity (Wildman–Crippen MR) is 130 cm³/mol. The number of carbonyl (C=O) groups is 1. The monoisotopic (exact) mass is 493 g/mol. The molecule has 0 bridgehead atoms. The molecule has 168 valence electrons. The molecule has 0 saturated carbocycles. The number of para-hydroxylation sites is 1. The van der Waals surface area contributed by atoms with Gasteiger partial charge in [-0.15, -0.1) is 0 Å². The van der Waals surface area contributed by atoms with E-state index in [2.05, 4.69) is 20.6 Å². The maximum atomic E-state index is 13.3. The summed E-state index contributed by atoms with van der Waals surface area (Å²) in [4.78, 5) is 23.4. The highest BCUT2D eigenvalue weighted by molar-refractivity contribution is 6.42. The zero-order valence-electron chi connectivity index (χ0n) is 17.6. The molecule has 1 atom stereocenters. The number of aliphatic hydroxyl groups is 1. The predicted octanol–water partition coefficient (Wildman–Crippen LogP) is 6.38. The fraction of sp³-hybridized carbons (Fsp3) is 0.227. The highest BCUT2D eigenvalue weighted by atomic mass is 35.5. The molecule has 1 aromatic heterocycles. The first-order valence-electron chi connectivity index (χ1n) is 9.69. The minimum Gasteiger partial charge on any atom is -0.388 e. The van der Waals surface area contributed by atoms with Crippen molar-refractivity contribution in [3.05, 3.63) is 69.8 Å². The molecule has 32 heavy (non-hydrogen) atoms. The zero-order chi connectivity index (χ0) is 23.5. The minimum absolute atomic E-state index is 0.202. The number of benzene rings is 2. The molecule has 0 saturated heterocycles. The van der Waals surface area contributed by atoms with Crippen molar-refractivity contribution < 1.29 is 9.90 Å². The third-order valence-electron chi connectivity index (χ3n) is 4.73. The third kappa shape index (κ3) is 5.81. The lowest BCUT2D eigenvalue weighted by Gasteiger charge is -2.27. The normalized spacial score (nSPS) is 12.2. The molecule has 0 fully saturated rings. The Labute approximate surface area is 201 Å². The van der Waals surface area contributed by atoms with Gasteiger partial charge in [0.1, 0.15) is 5.82 Å². The maximum Gasteiger partial charge on any atom is 0.332 e. The van der Waals surface area contributed by atoms with Gasteiger partial charge in [-0.2, -0.15) is 4.98 Å². The average molecular weight is 495 g/mol. The summed E-state index contributed by atoms with van der Waals surface area (Å²) in [5.41, 5.74) is -0.212. The molecule has 3 aromatic rings. The molecule has 2 amide bonds. The van der Waals surface area contributed by atoms with Crippen LogP contribution in [0.25, 0.3) is 0 Å². The topological polar surface area (TPSA) is 90.4 Å². The Bertz CT molecular complexity index is 1080. The highest BCUT2D eigenvalue weighted by Crippen LogP contribution is 2.35. The smallest absolute Gasteiger partial charge is 0.332 e. The lowest BCUT2D eigenvalue weighted by Crippen LogP contribution is -2.40. The second-order valence-corrected chi connectivity index (χ2v) is 8.85. The van der Waals surface area contributed by atoms with Gasteiger partial charge in [-0.05, 0) is 45.0 Å². The zero-order valence-corrected chi connectivity index (χ0v) is 19.9. The molecule has 0 unspecified atom stereocenters. The number of amides is 2. The quantitative estimate of drug-likeness (QED) is 0.370. The van der Waals surface area contributed by atoms with Gasteiger partial charge in [-0.25, -0.2) is 14.7 Å². The minimum atomic E-state index is -1.00. The highest BCUT2D eigenvalue weighted by Gasteiger charge is 2.25. The SMILES string of the molecule is C[C@H](Nc1nccc(N(C(=O)Nc2c(Cl)cc(Cl)cc2Cl)c2ccccc2)n1)C(C)(C)O. The van der Waals surface area contributed by atoms with Crippen LogP contribution in [0.15, 0.2) is 54.7 Å². The lowest BCUT2D eigenvalue weighted by molar-refractivity contribution is 0.0646. The van der Waals surface area contributed by atoms with E-state index in [4.69, 9.17) is 34.8 Å². The molecule has 3 N–H and O–H groups in total. The number of urea groups is 1. The van der Waals surface area contributed by atoms with Crippen LogP contribution in [0.3, 0.4) is 0 Å². The van der Waals surface area contributed by atoms with Gasteiger partial charge in [0.2, 0.25) is 5.95 Å². The van der Waals surface area contributed by atoms with Crippen molar-refractivity contribution in [2.75, 3.05) is 15.5 Å². The fourth-order valence-corrected chi connectivity index (χ4v) is 3.58. The standard InChI is InChI=1S/C22H22Cl3N5O2/c1-13(22(2,3)32)27-20-26-10-9-18(28-20)30(15-7-5-4-6-8-15)21(31)29-19-16(24)11-14(23)12-17(19)25/h4-13,32H,1-3H3,(H,29,31)(H,26,27,28)/t13-/m0/s1. The second kappa shape index (κ2) is 9.92. The molecule has 2 aromatic carbocycles.